The van der Waals surface area contributed by atoms with Crippen LogP contribution in [0.5, 0.6) is 0 Å². The van der Waals surface area contributed by atoms with Gasteiger partial charge in [0.15, 0.2) is 22.4 Å². The zero-order valence-corrected chi connectivity index (χ0v) is 87.1. The van der Waals surface area contributed by atoms with E-state index in [1.165, 1.54) is 73.3 Å². The van der Waals surface area contributed by atoms with Crippen molar-refractivity contribution in [3.8, 4) is 0 Å². The summed E-state index contributed by atoms with van der Waals surface area (Å²) in [6.45, 7) is 55.2. The van der Waals surface area contributed by atoms with Crippen LogP contribution in [-0.4, -0.2) is 534 Å². The number of hydrogen-bond acceptors (Lipinski definition) is 35. The van der Waals surface area contributed by atoms with E-state index < -0.39 is 16.1 Å². The van der Waals surface area contributed by atoms with Gasteiger partial charge >= 0.3 is 23.9 Å². The molecule has 11 rings (SSSR count). The van der Waals surface area contributed by atoms with Gasteiger partial charge in [0.1, 0.15) is 184 Å². The monoisotopic (exact) mass is 2020 g/mol. The molecule has 0 aromatic heterocycles. The van der Waals surface area contributed by atoms with Gasteiger partial charge in [0.05, 0.1) is 261 Å². The molecule has 0 aromatic carbocycles. The Morgan fingerprint density at radius 1 is 0.297 bits per heavy atom. The van der Waals surface area contributed by atoms with E-state index in [0.717, 1.165) is 295 Å². The van der Waals surface area contributed by atoms with Crippen molar-refractivity contribution >= 4 is 33.7 Å². The number of nitrogens with one attached hydrogen (secondary N) is 9. The minimum Gasteiger partial charge on any atom is -0.460 e. The van der Waals surface area contributed by atoms with Crippen LogP contribution in [0.15, 0.2) is 0 Å². The van der Waals surface area contributed by atoms with Crippen LogP contribution in [0.4, 0.5) is 0 Å². The van der Waals surface area contributed by atoms with E-state index in [-0.39, 0.29) is 42.0 Å². The standard InChI is InChI=1S/C18H37NO8.C14H29NO6.C13H23NO3.C12H21NO3.C9H17NO3.C8H17NO4S.C8H17NO3.C8H15NO3.C4H9NO/c1-20-9-11-23-13-14-25-17-18(27-16-15-24-12-10-21-2)26-8-5-19-3-6-22-7-4-19;1-16-9-11-19-13-14(21-12-10-17-2)20-8-5-15-3-6-18-7-4-15;15-13(12-4-2-1-3-5-12)17-11-8-14-6-9-16-10-7-14;14-12(11-3-1-2-4-11)16-10-7-13-5-8-15-9-6-13;1-2-9(11)13-8-5-10-3-6-12-7-4-10;1-12-8-13-5-2-9-3-6-14(10,11)7-4-9;1-10-8-12-7-4-9-2-5-11-6-3-9;1-8(10)12-7-4-9-2-5-11-6-3-9;1-3-6-4-2-5-1/h18H,3-17H2,1-2H3;14H,3-13H2,1-2H3;12H,1-11H2;11H,1-10H2;2-8H2,1H3;2-8H2,1H3;2-8H2,1H3;2-7H2,1H3;5H,1-4H2/p+8. The predicted octanol–water partition coefficient (Wildman–Crippen LogP) is -9.80. The van der Waals surface area contributed by atoms with Crippen LogP contribution in [-0.2, 0) is 162 Å². The van der Waals surface area contributed by atoms with Gasteiger partial charge in [0.2, 0.25) is 0 Å². The van der Waals surface area contributed by atoms with E-state index >= 15 is 0 Å². The number of quaternary nitrogens is 8. The molecule has 0 aromatic rings. The Morgan fingerprint density at radius 3 is 0.884 bits per heavy atom. The van der Waals surface area contributed by atoms with Gasteiger partial charge in [-0.2, -0.15) is 0 Å². The first-order valence-corrected chi connectivity index (χ1v) is 53.2. The quantitative estimate of drug-likeness (QED) is 0.0118. The van der Waals surface area contributed by atoms with E-state index in [9.17, 15) is 27.6 Å². The lowest BCUT2D eigenvalue weighted by atomic mass is 9.89. The average molecular weight is 2030 g/mol. The summed E-state index contributed by atoms with van der Waals surface area (Å²) in [5.74, 6) is 0.778. The third-order valence-corrected chi connectivity index (χ3v) is 25.6. The van der Waals surface area contributed by atoms with Crippen LogP contribution in [0, 0.1) is 11.8 Å². The lowest BCUT2D eigenvalue weighted by Crippen LogP contribution is -3.14. The Bertz CT molecular complexity index is 2770. The van der Waals surface area contributed by atoms with Crippen LogP contribution in [0.1, 0.15) is 78.1 Å². The highest BCUT2D eigenvalue weighted by Gasteiger charge is 2.29. The molecule has 9 aliphatic heterocycles. The Kier molecular flexibility index (Phi) is 88.1. The molecule has 2 aliphatic carbocycles. The minimum absolute atomic E-state index is 0.0326. The number of hydrogen-bond donors (Lipinski definition) is 9. The van der Waals surface area contributed by atoms with E-state index in [1.807, 2.05) is 6.92 Å². The van der Waals surface area contributed by atoms with Gasteiger partial charge in [0.25, 0.3) is 0 Å². The lowest BCUT2D eigenvalue weighted by molar-refractivity contribution is -0.908. The van der Waals surface area contributed by atoms with Crippen LogP contribution in [0.25, 0.3) is 0 Å². The van der Waals surface area contributed by atoms with Crippen molar-refractivity contribution in [2.24, 2.45) is 11.8 Å². The fourth-order valence-corrected chi connectivity index (χ4v) is 16.7. The summed E-state index contributed by atoms with van der Waals surface area (Å²) in [4.78, 5) is 56.4. The van der Waals surface area contributed by atoms with Crippen molar-refractivity contribution in [1.82, 2.24) is 5.32 Å². The maximum absolute atomic E-state index is 11.8. The Balaban J connectivity index is 0.000000407. The molecular formula is C94H193N9O34S+8. The van der Waals surface area contributed by atoms with Gasteiger partial charge in [-0.05, 0) is 25.7 Å². The number of ether oxygens (including phenoxy) is 28. The molecule has 11 aliphatic rings. The highest BCUT2D eigenvalue weighted by molar-refractivity contribution is 7.91. The maximum Gasteiger partial charge on any atom is 0.309 e. The summed E-state index contributed by atoms with van der Waals surface area (Å²) in [5, 5.41) is 3.16. The number of carbonyl (C=O) groups is 4. The van der Waals surface area contributed by atoms with Crippen LogP contribution < -0.4 is 44.5 Å². The summed E-state index contributed by atoms with van der Waals surface area (Å²) in [6, 6.07) is 0. The first-order chi connectivity index (χ1) is 67.6. The molecule has 2 atom stereocenters. The Hall–Kier alpha value is -3.49. The zero-order valence-electron chi connectivity index (χ0n) is 86.3. The van der Waals surface area contributed by atoms with Gasteiger partial charge in [0, 0.05) is 69.1 Å². The van der Waals surface area contributed by atoms with Gasteiger partial charge < -0.3 is 177 Å². The smallest absolute Gasteiger partial charge is 0.309 e. The molecule has 9 saturated heterocycles. The highest BCUT2D eigenvalue weighted by Crippen LogP contribution is 2.26. The molecule has 138 heavy (non-hydrogen) atoms. The minimum atomic E-state index is -2.74. The molecule has 816 valence electrons. The number of morpholine rings is 8. The van der Waals surface area contributed by atoms with Crippen LogP contribution >= 0.6 is 0 Å². The molecule has 11 fully saturated rings. The molecule has 0 spiro atoms. The Morgan fingerprint density at radius 2 is 0.565 bits per heavy atom. The molecule has 0 bridgehead atoms. The first kappa shape index (κ1) is 129. The summed E-state index contributed by atoms with van der Waals surface area (Å²) in [7, 11) is 7.08. The van der Waals surface area contributed by atoms with Gasteiger partial charge in [-0.1, -0.05) is 39.0 Å². The predicted molar refractivity (Wildman–Crippen MR) is 509 cm³/mol. The molecule has 0 radical (unpaired) electrons. The fraction of sp³-hybridized carbons (Fsp3) is 0.957. The SMILES string of the molecule is C1COCCN1.CC(=O)OCC[NH+]1CCOCC1.CCC(=O)OCC[NH+]1CCOCC1.COCCOCC(OCCOC)OCC[NH+]1CCOCC1.COCCOCCOCC(OCCOCCOC)OCC[NH+]1CCOCC1.COCOCC[NH+]1CCOCC1.COCOCC[NH+]1CCS(=O)(=O)CC1.O=C(OCC[NH+]1CCOCC1)C1CCCC1.O=C(OCC[NH+]1CCOCC1)C1CCCCC1. The molecule has 0 amide bonds. The topological polar surface area (TPSA) is 408 Å². The summed E-state index contributed by atoms with van der Waals surface area (Å²) < 4.78 is 169. The summed E-state index contributed by atoms with van der Waals surface area (Å²) in [6.07, 6.45) is 9.87. The van der Waals surface area contributed by atoms with Crippen molar-refractivity contribution in [2.75, 3.05) is 489 Å². The first-order valence-electron chi connectivity index (χ1n) is 51.3. The van der Waals surface area contributed by atoms with Crippen molar-refractivity contribution in [3.05, 3.63) is 0 Å². The number of carbonyl (C=O) groups excluding carboxylic acids is 4. The van der Waals surface area contributed by atoms with Gasteiger partial charge in [-0.25, -0.2) is 8.42 Å². The highest BCUT2D eigenvalue weighted by atomic mass is 32.2. The van der Waals surface area contributed by atoms with Crippen molar-refractivity contribution in [3.63, 3.8) is 0 Å². The summed E-state index contributed by atoms with van der Waals surface area (Å²) in [5.41, 5.74) is 0. The molecule has 9 N–H and O–H groups in total. The second-order valence-corrected chi connectivity index (χ2v) is 37.0. The fourth-order valence-electron chi connectivity index (χ4n) is 15.3. The molecule has 44 heteroatoms. The molecule has 2 saturated carbocycles. The Labute approximate surface area is 826 Å². The normalized spacial score (nSPS) is 20.1. The molecule has 2 unspecified atom stereocenters. The van der Waals surface area contributed by atoms with E-state index in [4.69, 9.17) is 133 Å². The van der Waals surface area contributed by atoms with E-state index in [2.05, 4.69) is 5.32 Å². The second-order valence-electron chi connectivity index (χ2n) is 34.7. The van der Waals surface area contributed by atoms with E-state index in [1.54, 1.807) is 47.6 Å². The number of sulfone groups is 1. The lowest BCUT2D eigenvalue weighted by Gasteiger charge is -2.25. The number of methoxy groups -OCH3 is 6. The van der Waals surface area contributed by atoms with Crippen molar-refractivity contribution in [1.29, 1.82) is 0 Å². The summed E-state index contributed by atoms with van der Waals surface area (Å²) >= 11 is 0. The van der Waals surface area contributed by atoms with Crippen LogP contribution in [0.3, 0.4) is 0 Å². The zero-order chi connectivity index (χ0) is 99.4. The average Bonchev–Trinajstić information content (AvgIpc) is 1.03. The molecular weight excluding hydrogens is 1830 g/mol. The third kappa shape index (κ3) is 77.9. The third-order valence-electron chi connectivity index (χ3n) is 24.0. The molecule has 9 heterocycles. The van der Waals surface area contributed by atoms with Crippen molar-refractivity contribution < 1.29 is 199 Å². The van der Waals surface area contributed by atoms with E-state index in [0.29, 0.717) is 183 Å². The number of rotatable bonds is 57. The van der Waals surface area contributed by atoms with Gasteiger partial charge in [-0.15, -0.1) is 0 Å². The largest absolute Gasteiger partial charge is 0.460 e. The van der Waals surface area contributed by atoms with Crippen LogP contribution in [0.2, 0.25) is 0 Å². The maximum atomic E-state index is 11.8. The number of esters is 4. The second kappa shape index (κ2) is 94.5. The molecule has 43 nitrogen and oxygen atoms in total. The van der Waals surface area contributed by atoms with Gasteiger partial charge in [-0.3, -0.25) is 19.2 Å². The van der Waals surface area contributed by atoms with Crippen molar-refractivity contribution in [2.45, 2.75) is 90.6 Å².